The van der Waals surface area contributed by atoms with Gasteiger partial charge in [0, 0.05) is 16.9 Å². The average molecular weight is 331 g/mol. The molecule has 0 radical (unpaired) electrons. The number of esters is 1. The first-order chi connectivity index (χ1) is 10.8. The molecule has 5 heteroatoms. The number of nitrogens with one attached hydrogen (secondary N) is 1. The van der Waals surface area contributed by atoms with Crippen molar-refractivity contribution in [3.8, 4) is 11.1 Å². The van der Waals surface area contributed by atoms with E-state index < -0.39 is 5.97 Å². The first-order valence-corrected chi connectivity index (χ1v) is 8.31. The summed E-state index contributed by atoms with van der Waals surface area (Å²) in [6.45, 7) is 7.63. The second kappa shape index (κ2) is 6.96. The molecule has 0 atom stereocenters. The summed E-state index contributed by atoms with van der Waals surface area (Å²) >= 11 is 1.34. The van der Waals surface area contributed by atoms with Crippen molar-refractivity contribution in [2.45, 2.75) is 27.7 Å². The number of aryl methyl sites for hydroxylation is 2. The smallest absolute Gasteiger partial charge is 0.341 e. The molecule has 1 heterocycles. The molecule has 0 aliphatic carbocycles. The van der Waals surface area contributed by atoms with E-state index in [-0.39, 0.29) is 11.8 Å². The molecule has 122 valence electrons. The van der Waals surface area contributed by atoms with E-state index >= 15 is 0 Å². The highest BCUT2D eigenvalue weighted by Crippen LogP contribution is 2.38. The third-order valence-corrected chi connectivity index (χ3v) is 4.52. The number of benzene rings is 1. The molecule has 2 aromatic rings. The molecule has 0 aliphatic heterocycles. The van der Waals surface area contributed by atoms with Gasteiger partial charge in [-0.15, -0.1) is 11.3 Å². The fourth-order valence-corrected chi connectivity index (χ4v) is 3.19. The number of rotatable bonds is 4. The lowest BCUT2D eigenvalue weighted by atomic mass is 9.97. The zero-order valence-corrected chi connectivity index (χ0v) is 14.8. The van der Waals surface area contributed by atoms with Gasteiger partial charge < -0.3 is 10.1 Å². The fraction of sp³-hybridized carbons (Fsp3) is 0.333. The second-order valence-electron chi connectivity index (χ2n) is 5.81. The maximum absolute atomic E-state index is 12.3. The van der Waals surface area contributed by atoms with Crippen molar-refractivity contribution < 1.29 is 14.3 Å². The Kier molecular flexibility index (Phi) is 5.21. The first kappa shape index (κ1) is 17.2. The Morgan fingerprint density at radius 2 is 1.87 bits per heavy atom. The van der Waals surface area contributed by atoms with Crippen LogP contribution in [-0.2, 0) is 9.53 Å². The van der Waals surface area contributed by atoms with E-state index in [9.17, 15) is 9.59 Å². The summed E-state index contributed by atoms with van der Waals surface area (Å²) in [7, 11) is 1.35. The second-order valence-corrected chi connectivity index (χ2v) is 6.69. The van der Waals surface area contributed by atoms with Gasteiger partial charge in [0.15, 0.2) is 0 Å². The summed E-state index contributed by atoms with van der Waals surface area (Å²) in [6, 6.07) is 6.10. The monoisotopic (exact) mass is 331 g/mol. The number of amides is 1. The van der Waals surface area contributed by atoms with Crippen LogP contribution in [-0.4, -0.2) is 19.0 Å². The van der Waals surface area contributed by atoms with Gasteiger partial charge in [0.2, 0.25) is 5.91 Å². The molecule has 1 aromatic heterocycles. The number of anilines is 1. The van der Waals surface area contributed by atoms with Crippen molar-refractivity contribution in [2.24, 2.45) is 5.92 Å². The molecule has 1 aromatic carbocycles. The van der Waals surface area contributed by atoms with Crippen molar-refractivity contribution in [1.82, 2.24) is 0 Å². The topological polar surface area (TPSA) is 55.4 Å². The highest BCUT2D eigenvalue weighted by atomic mass is 32.1. The first-order valence-electron chi connectivity index (χ1n) is 7.43. The van der Waals surface area contributed by atoms with Gasteiger partial charge in [0.25, 0.3) is 0 Å². The lowest BCUT2D eigenvalue weighted by molar-refractivity contribution is -0.118. The summed E-state index contributed by atoms with van der Waals surface area (Å²) in [5.74, 6) is -0.725. The van der Waals surface area contributed by atoms with Crippen molar-refractivity contribution in [2.75, 3.05) is 12.4 Å². The molecule has 0 saturated heterocycles. The van der Waals surface area contributed by atoms with Crippen LogP contribution >= 0.6 is 11.3 Å². The number of thiophene rings is 1. The summed E-state index contributed by atoms with van der Waals surface area (Å²) in [4.78, 5) is 24.3. The summed E-state index contributed by atoms with van der Waals surface area (Å²) in [6.07, 6.45) is 0. The van der Waals surface area contributed by atoms with Gasteiger partial charge in [-0.2, -0.15) is 0 Å². The maximum atomic E-state index is 12.3. The molecule has 2 rings (SSSR count). The highest BCUT2D eigenvalue weighted by Gasteiger charge is 2.23. The minimum atomic E-state index is -0.443. The van der Waals surface area contributed by atoms with Crippen molar-refractivity contribution in [1.29, 1.82) is 0 Å². The fourth-order valence-electron chi connectivity index (χ4n) is 2.24. The van der Waals surface area contributed by atoms with Crippen LogP contribution < -0.4 is 5.32 Å². The number of hydrogen-bond acceptors (Lipinski definition) is 4. The zero-order valence-electron chi connectivity index (χ0n) is 14.0. The Labute approximate surface area is 140 Å². The van der Waals surface area contributed by atoms with Crippen molar-refractivity contribution in [3.05, 3.63) is 40.3 Å². The van der Waals surface area contributed by atoms with Crippen LogP contribution in [0.1, 0.15) is 35.3 Å². The lowest BCUT2D eigenvalue weighted by Crippen LogP contribution is -2.19. The molecule has 0 fully saturated rings. The van der Waals surface area contributed by atoms with Crippen LogP contribution in [0.5, 0.6) is 0 Å². The van der Waals surface area contributed by atoms with Gasteiger partial charge in [-0.05, 0) is 25.0 Å². The van der Waals surface area contributed by atoms with Gasteiger partial charge in [-0.25, -0.2) is 4.79 Å². The SMILES string of the molecule is COC(=O)c1c(-c2cc(C)ccc2C)csc1NC(=O)C(C)C. The van der Waals surface area contributed by atoms with Crippen LogP contribution in [0, 0.1) is 19.8 Å². The minimum Gasteiger partial charge on any atom is -0.465 e. The standard InChI is InChI=1S/C18H21NO3S/c1-10(2)16(20)19-17-15(18(21)22-5)14(9-23-17)13-8-11(3)6-7-12(13)4/h6-10H,1-5H3,(H,19,20). The van der Waals surface area contributed by atoms with Gasteiger partial charge in [-0.1, -0.05) is 37.6 Å². The summed E-state index contributed by atoms with van der Waals surface area (Å²) < 4.78 is 4.93. The van der Waals surface area contributed by atoms with Crippen LogP contribution in [0.25, 0.3) is 11.1 Å². The zero-order chi connectivity index (χ0) is 17.1. The molecule has 1 N–H and O–H groups in total. The number of carbonyl (C=O) groups excluding carboxylic acids is 2. The van der Waals surface area contributed by atoms with Crippen LogP contribution in [0.15, 0.2) is 23.6 Å². The van der Waals surface area contributed by atoms with E-state index in [0.717, 1.165) is 22.3 Å². The van der Waals surface area contributed by atoms with E-state index in [0.29, 0.717) is 10.6 Å². The molecule has 0 spiro atoms. The van der Waals surface area contributed by atoms with E-state index in [1.807, 2.05) is 51.3 Å². The van der Waals surface area contributed by atoms with Crippen molar-refractivity contribution in [3.63, 3.8) is 0 Å². The van der Waals surface area contributed by atoms with Gasteiger partial charge >= 0.3 is 5.97 Å². The number of ether oxygens (including phenoxy) is 1. The third kappa shape index (κ3) is 3.62. The molecule has 1 amide bonds. The van der Waals surface area contributed by atoms with E-state index in [4.69, 9.17) is 4.74 Å². The van der Waals surface area contributed by atoms with Gasteiger partial charge in [0.1, 0.15) is 10.6 Å². The molecule has 0 bridgehead atoms. The van der Waals surface area contributed by atoms with Crippen LogP contribution in [0.2, 0.25) is 0 Å². The number of hydrogen-bond donors (Lipinski definition) is 1. The van der Waals surface area contributed by atoms with Gasteiger partial charge in [0.05, 0.1) is 7.11 Å². The minimum absolute atomic E-state index is 0.121. The van der Waals surface area contributed by atoms with Crippen molar-refractivity contribution >= 4 is 28.2 Å². The maximum Gasteiger partial charge on any atom is 0.341 e. The Morgan fingerprint density at radius 3 is 2.48 bits per heavy atom. The van der Waals surface area contributed by atoms with Crippen LogP contribution in [0.4, 0.5) is 5.00 Å². The predicted octanol–water partition coefficient (Wildman–Crippen LogP) is 4.41. The average Bonchev–Trinajstić information content (AvgIpc) is 2.92. The Morgan fingerprint density at radius 1 is 1.17 bits per heavy atom. The lowest BCUT2D eigenvalue weighted by Gasteiger charge is -2.11. The number of carbonyl (C=O) groups is 2. The van der Waals surface area contributed by atoms with Crippen LogP contribution in [0.3, 0.4) is 0 Å². The number of methoxy groups -OCH3 is 1. The summed E-state index contributed by atoms with van der Waals surface area (Å²) in [5.41, 5.74) is 4.37. The molecule has 0 aliphatic rings. The molecule has 4 nitrogen and oxygen atoms in total. The summed E-state index contributed by atoms with van der Waals surface area (Å²) in [5, 5.41) is 5.25. The van der Waals surface area contributed by atoms with E-state index in [2.05, 4.69) is 5.32 Å². The highest BCUT2D eigenvalue weighted by molar-refractivity contribution is 7.15. The predicted molar refractivity (Wildman–Crippen MR) is 94.0 cm³/mol. The van der Waals surface area contributed by atoms with Gasteiger partial charge in [-0.3, -0.25) is 4.79 Å². The van der Waals surface area contributed by atoms with E-state index in [1.165, 1.54) is 18.4 Å². The quantitative estimate of drug-likeness (QED) is 0.844. The molecule has 0 unspecified atom stereocenters. The Balaban J connectivity index is 2.56. The van der Waals surface area contributed by atoms with E-state index in [1.54, 1.807) is 0 Å². The Bertz CT molecular complexity index is 747. The largest absolute Gasteiger partial charge is 0.465 e. The normalized spacial score (nSPS) is 10.7. The molecule has 23 heavy (non-hydrogen) atoms. The molecule has 0 saturated carbocycles. The molecular formula is C18H21NO3S. The third-order valence-electron chi connectivity index (χ3n) is 3.62. The molecular weight excluding hydrogens is 310 g/mol. The Hall–Kier alpha value is -2.14.